The molecule has 0 saturated heterocycles. The Hall–Kier alpha value is -1.43. The molecule has 0 amide bonds. The standard InChI is InChI=1S/C17H29O7P/c1-4-7-8-9-10-15-25(20,23-13-11-21-16(18)5-2)24-14-12-22-17(19)6-3/h5-6H,2-4,7-15H2,1H3. The van der Waals surface area contributed by atoms with Crippen molar-refractivity contribution in [3.63, 3.8) is 0 Å². The van der Waals surface area contributed by atoms with Crippen LogP contribution < -0.4 is 0 Å². The van der Waals surface area contributed by atoms with Gasteiger partial charge in [0.1, 0.15) is 13.2 Å². The van der Waals surface area contributed by atoms with E-state index >= 15 is 0 Å². The quantitative estimate of drug-likeness (QED) is 0.176. The number of rotatable bonds is 16. The second-order valence-corrected chi connectivity index (χ2v) is 7.34. The van der Waals surface area contributed by atoms with Crippen LogP contribution in [0.15, 0.2) is 25.3 Å². The fraction of sp³-hybridized carbons (Fsp3) is 0.647. The Balaban J connectivity index is 4.29. The van der Waals surface area contributed by atoms with Gasteiger partial charge in [-0.15, -0.1) is 0 Å². The van der Waals surface area contributed by atoms with Gasteiger partial charge < -0.3 is 18.5 Å². The monoisotopic (exact) mass is 376 g/mol. The zero-order valence-electron chi connectivity index (χ0n) is 14.9. The maximum Gasteiger partial charge on any atom is 0.330 e. The lowest BCUT2D eigenvalue weighted by Gasteiger charge is -2.18. The van der Waals surface area contributed by atoms with E-state index in [2.05, 4.69) is 20.1 Å². The Bertz CT molecular complexity index is 430. The van der Waals surface area contributed by atoms with Crippen LogP contribution in [0, 0.1) is 0 Å². The first-order valence-corrected chi connectivity index (χ1v) is 10.2. The topological polar surface area (TPSA) is 88.1 Å². The molecule has 0 unspecified atom stereocenters. The third kappa shape index (κ3) is 13.5. The van der Waals surface area contributed by atoms with Crippen molar-refractivity contribution in [1.29, 1.82) is 0 Å². The van der Waals surface area contributed by atoms with E-state index in [4.69, 9.17) is 18.5 Å². The van der Waals surface area contributed by atoms with Crippen LogP contribution >= 0.6 is 7.60 Å². The summed E-state index contributed by atoms with van der Waals surface area (Å²) in [6.45, 7) is 8.51. The number of carbonyl (C=O) groups is 2. The Morgan fingerprint density at radius 1 is 0.840 bits per heavy atom. The van der Waals surface area contributed by atoms with Crippen LogP contribution in [0.4, 0.5) is 0 Å². The summed E-state index contributed by atoms with van der Waals surface area (Å²) in [6.07, 6.45) is 7.29. The van der Waals surface area contributed by atoms with Gasteiger partial charge >= 0.3 is 19.5 Å². The van der Waals surface area contributed by atoms with Gasteiger partial charge in [0, 0.05) is 12.2 Å². The highest BCUT2D eigenvalue weighted by Crippen LogP contribution is 2.48. The van der Waals surface area contributed by atoms with Gasteiger partial charge in [0.2, 0.25) is 0 Å². The van der Waals surface area contributed by atoms with E-state index in [0.29, 0.717) is 6.42 Å². The van der Waals surface area contributed by atoms with Crippen LogP contribution in [0.1, 0.15) is 39.0 Å². The fourth-order valence-electron chi connectivity index (χ4n) is 1.83. The molecule has 0 aromatic carbocycles. The SMILES string of the molecule is C=CC(=O)OCCOP(=O)(CCCCCCC)OCCOC(=O)C=C. The summed E-state index contributed by atoms with van der Waals surface area (Å²) in [5, 5.41) is 0. The molecule has 0 aromatic rings. The Morgan fingerprint density at radius 3 is 1.76 bits per heavy atom. The molecule has 0 fully saturated rings. The average Bonchev–Trinajstić information content (AvgIpc) is 2.62. The number of hydrogen-bond donors (Lipinski definition) is 0. The van der Waals surface area contributed by atoms with Crippen LogP contribution in [-0.2, 0) is 32.7 Å². The number of esters is 2. The molecule has 0 spiro atoms. The van der Waals surface area contributed by atoms with Gasteiger partial charge in [0.05, 0.1) is 19.4 Å². The summed E-state index contributed by atoms with van der Waals surface area (Å²) in [4.78, 5) is 21.9. The van der Waals surface area contributed by atoms with Gasteiger partial charge in [0.15, 0.2) is 0 Å². The highest BCUT2D eigenvalue weighted by atomic mass is 31.2. The second kappa shape index (κ2) is 14.9. The summed E-state index contributed by atoms with van der Waals surface area (Å²) < 4.78 is 32.9. The lowest BCUT2D eigenvalue weighted by atomic mass is 10.2. The van der Waals surface area contributed by atoms with E-state index in [0.717, 1.165) is 37.8 Å². The molecule has 0 rings (SSSR count). The molecular formula is C17H29O7P. The minimum absolute atomic E-state index is 0.0422. The summed E-state index contributed by atoms with van der Waals surface area (Å²) >= 11 is 0. The molecule has 0 atom stereocenters. The van der Waals surface area contributed by atoms with Gasteiger partial charge in [0.25, 0.3) is 0 Å². The van der Waals surface area contributed by atoms with E-state index in [1.54, 1.807) is 0 Å². The lowest BCUT2D eigenvalue weighted by Crippen LogP contribution is -2.12. The van der Waals surface area contributed by atoms with Gasteiger partial charge in [-0.2, -0.15) is 0 Å². The third-order valence-corrected chi connectivity index (χ3v) is 5.12. The van der Waals surface area contributed by atoms with Crippen molar-refractivity contribution >= 4 is 19.5 Å². The molecule has 0 N–H and O–H groups in total. The van der Waals surface area contributed by atoms with Crippen molar-refractivity contribution in [2.75, 3.05) is 32.6 Å². The molecule has 0 radical (unpaired) electrons. The van der Waals surface area contributed by atoms with Crippen LogP contribution in [-0.4, -0.2) is 44.5 Å². The largest absolute Gasteiger partial charge is 0.460 e. The Morgan fingerprint density at radius 2 is 1.32 bits per heavy atom. The molecule has 0 heterocycles. The van der Waals surface area contributed by atoms with E-state index in [1.807, 2.05) is 0 Å². The third-order valence-electron chi connectivity index (χ3n) is 3.10. The molecular weight excluding hydrogens is 347 g/mol. The van der Waals surface area contributed by atoms with Crippen molar-refractivity contribution in [3.8, 4) is 0 Å². The van der Waals surface area contributed by atoms with Gasteiger partial charge in [-0.05, 0) is 6.42 Å². The first kappa shape index (κ1) is 23.6. The summed E-state index contributed by atoms with van der Waals surface area (Å²) in [5.74, 6) is -1.15. The van der Waals surface area contributed by atoms with Gasteiger partial charge in [-0.25, -0.2) is 9.59 Å². The van der Waals surface area contributed by atoms with Gasteiger partial charge in [-0.3, -0.25) is 4.57 Å². The number of hydrogen-bond acceptors (Lipinski definition) is 7. The van der Waals surface area contributed by atoms with Crippen molar-refractivity contribution in [3.05, 3.63) is 25.3 Å². The first-order chi connectivity index (χ1) is 12.0. The highest BCUT2D eigenvalue weighted by Gasteiger charge is 2.24. The number of ether oxygens (including phenoxy) is 2. The maximum atomic E-state index is 12.7. The zero-order valence-corrected chi connectivity index (χ0v) is 15.8. The van der Waals surface area contributed by atoms with Crippen LogP contribution in [0.3, 0.4) is 0 Å². The van der Waals surface area contributed by atoms with Crippen LogP contribution in [0.5, 0.6) is 0 Å². The average molecular weight is 376 g/mol. The van der Waals surface area contributed by atoms with Crippen LogP contribution in [0.2, 0.25) is 0 Å². The van der Waals surface area contributed by atoms with Gasteiger partial charge in [-0.1, -0.05) is 45.8 Å². The molecule has 0 saturated carbocycles. The Labute approximate surface area is 149 Å². The van der Waals surface area contributed by atoms with E-state index < -0.39 is 19.5 Å². The summed E-state index contributed by atoms with van der Waals surface area (Å²) in [5.41, 5.74) is 0. The molecule has 0 bridgehead atoms. The number of carbonyl (C=O) groups excluding carboxylic acids is 2. The Kier molecular flexibility index (Phi) is 14.0. The lowest BCUT2D eigenvalue weighted by molar-refractivity contribution is -0.139. The highest BCUT2D eigenvalue weighted by molar-refractivity contribution is 7.53. The van der Waals surface area contributed by atoms with Crippen LogP contribution in [0.25, 0.3) is 0 Å². The van der Waals surface area contributed by atoms with Crippen molar-refractivity contribution in [2.24, 2.45) is 0 Å². The van der Waals surface area contributed by atoms with E-state index in [1.165, 1.54) is 0 Å². The normalized spacial score (nSPS) is 10.9. The molecule has 0 aromatic heterocycles. The predicted octanol–water partition coefficient (Wildman–Crippen LogP) is 3.64. The van der Waals surface area contributed by atoms with Crippen molar-refractivity contribution in [2.45, 2.75) is 39.0 Å². The minimum atomic E-state index is -3.34. The molecule has 7 nitrogen and oxygen atoms in total. The fourth-order valence-corrected chi connectivity index (χ4v) is 3.48. The molecule has 0 aliphatic carbocycles. The summed E-state index contributed by atoms with van der Waals surface area (Å²) in [6, 6.07) is 0. The molecule has 25 heavy (non-hydrogen) atoms. The second-order valence-electron chi connectivity index (χ2n) is 5.16. The molecule has 0 aliphatic rings. The maximum absolute atomic E-state index is 12.7. The van der Waals surface area contributed by atoms with Crippen molar-refractivity contribution < 1.29 is 32.7 Å². The smallest absolute Gasteiger partial charge is 0.330 e. The first-order valence-electron chi connectivity index (χ1n) is 8.44. The molecule has 0 aliphatic heterocycles. The number of unbranched alkanes of at least 4 members (excludes halogenated alkanes) is 4. The van der Waals surface area contributed by atoms with E-state index in [-0.39, 0.29) is 32.6 Å². The predicted molar refractivity (Wildman–Crippen MR) is 95.4 cm³/mol. The molecule has 8 heteroatoms. The summed E-state index contributed by atoms with van der Waals surface area (Å²) in [7, 11) is -3.34. The minimum Gasteiger partial charge on any atom is -0.460 e. The van der Waals surface area contributed by atoms with Crippen molar-refractivity contribution in [1.82, 2.24) is 0 Å². The zero-order chi connectivity index (χ0) is 19.0. The molecule has 144 valence electrons. The van der Waals surface area contributed by atoms with E-state index in [9.17, 15) is 14.2 Å².